The number of pyridine rings is 1. The highest BCUT2D eigenvalue weighted by atomic mass is 16.6. The molecule has 1 aromatic carbocycles. The summed E-state index contributed by atoms with van der Waals surface area (Å²) in [7, 11) is 1.88. The number of esters is 1. The quantitative estimate of drug-likeness (QED) is 0.152. The molecule has 2 heterocycles. The zero-order valence-electron chi connectivity index (χ0n) is 17.3. The number of hydrogen-bond acceptors (Lipinski definition) is 4. The predicted octanol–water partition coefficient (Wildman–Crippen LogP) is 4.57. The van der Waals surface area contributed by atoms with Gasteiger partial charge in [0.25, 0.3) is 5.69 Å². The number of hydrogen-bond donors (Lipinski definition) is 0. The summed E-state index contributed by atoms with van der Waals surface area (Å²) in [5, 5.41) is 11.8. The highest BCUT2D eigenvalue weighted by Gasteiger charge is 2.10. The van der Waals surface area contributed by atoms with E-state index in [2.05, 4.69) is 4.57 Å². The zero-order valence-corrected chi connectivity index (χ0v) is 17.3. The lowest BCUT2D eigenvalue weighted by Crippen LogP contribution is -2.28. The number of nitrogens with zero attached hydrogens (tertiary/aromatic N) is 3. The number of benzene rings is 1. The van der Waals surface area contributed by atoms with Crippen LogP contribution in [-0.4, -0.2) is 22.1 Å². The number of ether oxygens (including phenoxy) is 1. The first kappa shape index (κ1) is 21.5. The molecule has 0 N–H and O–H groups in total. The molecular formula is C23H28N3O4+. The average Bonchev–Trinajstić information content (AvgIpc) is 3.14. The molecule has 0 saturated carbocycles. The molecule has 158 valence electrons. The summed E-state index contributed by atoms with van der Waals surface area (Å²) < 4.78 is 9.31. The third-order valence-corrected chi connectivity index (χ3v) is 5.17. The van der Waals surface area contributed by atoms with E-state index in [0.29, 0.717) is 12.2 Å². The molecule has 2 aromatic heterocycles. The highest BCUT2D eigenvalue weighted by molar-refractivity contribution is 5.88. The van der Waals surface area contributed by atoms with Crippen LogP contribution in [0.3, 0.4) is 0 Å². The summed E-state index contributed by atoms with van der Waals surface area (Å²) in [6, 6.07) is 10.5. The van der Waals surface area contributed by atoms with Gasteiger partial charge in [-0.05, 0) is 31.0 Å². The molecule has 3 aromatic rings. The van der Waals surface area contributed by atoms with Gasteiger partial charge in [0.1, 0.15) is 12.6 Å². The van der Waals surface area contributed by atoms with Crippen molar-refractivity contribution in [3.63, 3.8) is 0 Å². The van der Waals surface area contributed by atoms with Crippen molar-refractivity contribution in [2.24, 2.45) is 7.05 Å². The molecule has 0 fully saturated rings. The molecule has 0 aliphatic carbocycles. The van der Waals surface area contributed by atoms with Crippen molar-refractivity contribution >= 4 is 22.6 Å². The van der Waals surface area contributed by atoms with Crippen LogP contribution in [0.5, 0.6) is 0 Å². The largest absolute Gasteiger partial charge is 0.462 e. The van der Waals surface area contributed by atoms with Crippen LogP contribution in [0, 0.1) is 10.1 Å². The summed E-state index contributed by atoms with van der Waals surface area (Å²) in [6.07, 6.45) is 12.0. The fourth-order valence-corrected chi connectivity index (χ4v) is 3.54. The minimum Gasteiger partial charge on any atom is -0.462 e. The number of carbonyl (C=O) groups is 1. The van der Waals surface area contributed by atoms with Gasteiger partial charge in [0.05, 0.1) is 11.5 Å². The van der Waals surface area contributed by atoms with Crippen molar-refractivity contribution < 1.29 is 19.0 Å². The Bertz CT molecular complexity index is 1010. The SMILES string of the molecule is C[n+]1cccc(C(=O)OCCCCCCCCn2ccc3cc([N+](=O)[O-])ccc32)c1. The van der Waals surface area contributed by atoms with Crippen LogP contribution in [0.2, 0.25) is 0 Å². The van der Waals surface area contributed by atoms with E-state index in [1.165, 1.54) is 0 Å². The predicted molar refractivity (Wildman–Crippen MR) is 114 cm³/mol. The van der Waals surface area contributed by atoms with Crippen LogP contribution in [0.1, 0.15) is 48.9 Å². The molecule has 0 spiro atoms. The normalized spacial score (nSPS) is 11.0. The molecule has 0 bridgehead atoms. The van der Waals surface area contributed by atoms with Crippen LogP contribution in [0.25, 0.3) is 10.9 Å². The topological polar surface area (TPSA) is 78.2 Å². The van der Waals surface area contributed by atoms with E-state index in [1.807, 2.05) is 42.2 Å². The van der Waals surface area contributed by atoms with Crippen molar-refractivity contribution in [3.8, 4) is 0 Å². The van der Waals surface area contributed by atoms with Crippen LogP contribution >= 0.6 is 0 Å². The molecule has 0 aliphatic rings. The Labute approximate surface area is 176 Å². The number of nitro groups is 1. The Morgan fingerprint density at radius 1 is 1.10 bits per heavy atom. The van der Waals surface area contributed by atoms with Crippen molar-refractivity contribution in [1.29, 1.82) is 0 Å². The van der Waals surface area contributed by atoms with E-state index in [0.717, 1.165) is 56.0 Å². The minimum atomic E-state index is -0.362. The fraction of sp³-hybridized carbons (Fsp3) is 0.391. The van der Waals surface area contributed by atoms with E-state index in [4.69, 9.17) is 4.74 Å². The summed E-state index contributed by atoms with van der Waals surface area (Å²) >= 11 is 0. The Morgan fingerprint density at radius 3 is 2.63 bits per heavy atom. The first-order valence-electron chi connectivity index (χ1n) is 10.4. The maximum Gasteiger partial charge on any atom is 0.344 e. The Kier molecular flexibility index (Phi) is 7.54. The molecule has 0 atom stereocenters. The molecule has 30 heavy (non-hydrogen) atoms. The summed E-state index contributed by atoms with van der Waals surface area (Å²) in [5.41, 5.74) is 1.74. The molecule has 7 heteroatoms. The van der Waals surface area contributed by atoms with Crippen molar-refractivity contribution in [2.75, 3.05) is 6.61 Å². The van der Waals surface area contributed by atoms with Gasteiger partial charge >= 0.3 is 5.97 Å². The molecule has 0 amide bonds. The van der Waals surface area contributed by atoms with E-state index >= 15 is 0 Å². The van der Waals surface area contributed by atoms with Crippen LogP contribution in [-0.2, 0) is 18.3 Å². The molecule has 0 radical (unpaired) electrons. The van der Waals surface area contributed by atoms with Gasteiger partial charge in [0.15, 0.2) is 12.4 Å². The van der Waals surface area contributed by atoms with Gasteiger partial charge in [0.2, 0.25) is 0 Å². The maximum absolute atomic E-state index is 12.0. The Morgan fingerprint density at radius 2 is 1.87 bits per heavy atom. The first-order valence-corrected chi connectivity index (χ1v) is 10.4. The number of carbonyl (C=O) groups excluding carboxylic acids is 1. The van der Waals surface area contributed by atoms with Gasteiger partial charge in [-0.2, -0.15) is 0 Å². The summed E-state index contributed by atoms with van der Waals surface area (Å²) in [4.78, 5) is 22.5. The van der Waals surface area contributed by atoms with Gasteiger partial charge in [-0.25, -0.2) is 9.36 Å². The minimum absolute atomic E-state index is 0.128. The second-order valence-electron chi connectivity index (χ2n) is 7.52. The van der Waals surface area contributed by atoms with Gasteiger partial charge in [-0.15, -0.1) is 0 Å². The smallest absolute Gasteiger partial charge is 0.344 e. The Hall–Kier alpha value is -3.22. The third-order valence-electron chi connectivity index (χ3n) is 5.17. The van der Waals surface area contributed by atoms with Crippen LogP contribution in [0.4, 0.5) is 5.69 Å². The summed E-state index contributed by atoms with van der Waals surface area (Å²) in [5.74, 6) is -0.268. The second kappa shape index (κ2) is 10.5. The van der Waals surface area contributed by atoms with E-state index < -0.39 is 0 Å². The molecule has 7 nitrogen and oxygen atoms in total. The van der Waals surface area contributed by atoms with Gasteiger partial charge in [0, 0.05) is 41.8 Å². The average molecular weight is 410 g/mol. The summed E-state index contributed by atoms with van der Waals surface area (Å²) in [6.45, 7) is 1.37. The second-order valence-corrected chi connectivity index (χ2v) is 7.52. The lowest BCUT2D eigenvalue weighted by molar-refractivity contribution is -0.671. The molecule has 0 unspecified atom stereocenters. The zero-order chi connectivity index (χ0) is 21.3. The standard InChI is InChI=1S/C23H28N3O4/c1-24-13-8-9-20(18-24)23(27)30-16-7-5-3-2-4-6-14-25-15-12-19-17-21(26(28)29)10-11-22(19)25/h8-13,15,17-18H,2-7,14,16H2,1H3/q+1. The number of fused-ring (bicyclic) bond motifs is 1. The van der Waals surface area contributed by atoms with Gasteiger partial charge in [-0.3, -0.25) is 10.1 Å². The van der Waals surface area contributed by atoms with Crippen molar-refractivity contribution in [3.05, 3.63) is 70.7 Å². The number of non-ortho nitro benzene ring substituents is 1. The lowest BCUT2D eigenvalue weighted by atomic mass is 10.1. The van der Waals surface area contributed by atoms with Gasteiger partial charge < -0.3 is 9.30 Å². The molecule has 0 saturated heterocycles. The van der Waals surface area contributed by atoms with Crippen LogP contribution in [0.15, 0.2) is 55.0 Å². The molecular weight excluding hydrogens is 382 g/mol. The third kappa shape index (κ3) is 5.89. The van der Waals surface area contributed by atoms with E-state index in [-0.39, 0.29) is 16.6 Å². The number of rotatable bonds is 11. The fourth-order valence-electron chi connectivity index (χ4n) is 3.54. The maximum atomic E-state index is 12.0. The van der Waals surface area contributed by atoms with Gasteiger partial charge in [-0.1, -0.05) is 25.7 Å². The monoisotopic (exact) mass is 410 g/mol. The number of unbranched alkanes of at least 4 members (excludes halogenated alkanes) is 5. The molecule has 0 aliphatic heterocycles. The molecule has 3 rings (SSSR count). The van der Waals surface area contributed by atoms with Crippen molar-refractivity contribution in [2.45, 2.75) is 45.1 Å². The number of aromatic nitrogens is 2. The van der Waals surface area contributed by atoms with E-state index in [1.54, 1.807) is 24.4 Å². The van der Waals surface area contributed by atoms with Crippen LogP contribution < -0.4 is 4.57 Å². The lowest BCUT2D eigenvalue weighted by Gasteiger charge is -2.06. The first-order chi connectivity index (χ1) is 14.5. The van der Waals surface area contributed by atoms with E-state index in [9.17, 15) is 14.9 Å². The number of nitro benzene ring substituents is 1. The van der Waals surface area contributed by atoms with Crippen molar-refractivity contribution in [1.82, 2.24) is 4.57 Å². The number of aryl methyl sites for hydroxylation is 2. The highest BCUT2D eigenvalue weighted by Crippen LogP contribution is 2.22. The Balaban J connectivity index is 1.28.